The van der Waals surface area contributed by atoms with Crippen LogP contribution >= 0.6 is 0 Å². The van der Waals surface area contributed by atoms with Crippen molar-refractivity contribution >= 4 is 17.6 Å². The fourth-order valence-electron chi connectivity index (χ4n) is 2.52. The van der Waals surface area contributed by atoms with Gasteiger partial charge in [-0.25, -0.2) is 0 Å². The largest absolute Gasteiger partial charge is 0.353 e. The molecular weight excluding hydrogens is 316 g/mol. The fraction of sp³-hybridized carbons (Fsp3) is 1.00. The minimum atomic E-state index is -0.366. The van der Waals surface area contributed by atoms with E-state index < -0.39 is 0 Å². The van der Waals surface area contributed by atoms with Crippen LogP contribution in [0.3, 0.4) is 0 Å². The molecule has 2 radical (unpaired) electrons. The van der Waals surface area contributed by atoms with Gasteiger partial charge < -0.3 is 9.47 Å². The Morgan fingerprint density at radius 2 is 1.00 bits per heavy atom. The molecule has 0 saturated heterocycles. The summed E-state index contributed by atoms with van der Waals surface area (Å²) in [6.45, 7) is 15.8. The zero-order valence-electron chi connectivity index (χ0n) is 14.6. The van der Waals surface area contributed by atoms with Gasteiger partial charge in [0.1, 0.15) is 0 Å². The third kappa shape index (κ3) is 8.50. The van der Waals surface area contributed by atoms with E-state index in [1.165, 1.54) is 24.2 Å². The van der Waals surface area contributed by atoms with Gasteiger partial charge in [-0.1, -0.05) is 58.8 Å². The zero-order valence-corrected chi connectivity index (χ0v) is 18.1. The average molecular weight is 350 g/mol. The van der Waals surface area contributed by atoms with Crippen molar-refractivity contribution in [1.82, 2.24) is 0 Å². The molecule has 0 bridgehead atoms. The predicted molar refractivity (Wildman–Crippen MR) is 88.6 cm³/mol. The number of ether oxygens (including phenoxy) is 2. The van der Waals surface area contributed by atoms with Gasteiger partial charge in [-0.2, -0.15) is 0 Å². The van der Waals surface area contributed by atoms with E-state index in [0.717, 1.165) is 6.42 Å². The molecule has 0 aromatic carbocycles. The van der Waals surface area contributed by atoms with Crippen molar-refractivity contribution in [3.63, 3.8) is 0 Å². The third-order valence-corrected chi connectivity index (χ3v) is 10.2. The number of rotatable bonds is 11. The average Bonchev–Trinajstić information content (AvgIpc) is 2.40. The maximum Gasteiger partial charge on any atom is 0.157 e. The normalized spacial score (nSPS) is 16.1. The van der Waals surface area contributed by atoms with Gasteiger partial charge in [-0.3, -0.25) is 0 Å². The molecule has 2 nitrogen and oxygen atoms in total. The molecule has 2 unspecified atom stereocenters. The second-order valence-electron chi connectivity index (χ2n) is 5.13. The first-order valence-corrected chi connectivity index (χ1v) is 12.0. The molecule has 5 heteroatoms. The summed E-state index contributed by atoms with van der Waals surface area (Å²) in [5, 5.41) is 0. The van der Waals surface area contributed by atoms with Crippen molar-refractivity contribution in [2.45, 2.75) is 96.8 Å². The maximum atomic E-state index is 6.19. The molecule has 20 heavy (non-hydrogen) atoms. The molecule has 0 amide bonds. The van der Waals surface area contributed by atoms with E-state index in [9.17, 15) is 0 Å². The van der Waals surface area contributed by atoms with Crippen molar-refractivity contribution in [3.8, 4) is 0 Å². The summed E-state index contributed by atoms with van der Waals surface area (Å²) in [6, 6.07) is 5.14. The van der Waals surface area contributed by atoms with Crippen molar-refractivity contribution in [1.29, 1.82) is 0 Å². The van der Waals surface area contributed by atoms with Crippen LogP contribution in [-0.2, 0) is 31.2 Å². The molecule has 0 aliphatic heterocycles. The first-order chi connectivity index (χ1) is 9.03. The molecule has 0 heterocycles. The Morgan fingerprint density at radius 3 is 1.20 bits per heavy atom. The van der Waals surface area contributed by atoms with Gasteiger partial charge in [0.2, 0.25) is 0 Å². The van der Waals surface area contributed by atoms with E-state index in [2.05, 4.69) is 48.5 Å². The van der Waals surface area contributed by atoms with E-state index in [4.69, 9.17) is 9.47 Å². The minimum absolute atomic E-state index is 0. The number of hydrogen-bond acceptors (Lipinski definition) is 2. The quantitative estimate of drug-likeness (QED) is 0.398. The molecule has 0 aromatic rings. The molecular formula is C15H34O2Si2Ti. The summed E-state index contributed by atoms with van der Waals surface area (Å²) in [5.41, 5.74) is 0.798. The summed E-state index contributed by atoms with van der Waals surface area (Å²) < 4.78 is 12.4. The van der Waals surface area contributed by atoms with E-state index in [0.29, 0.717) is 11.5 Å². The van der Waals surface area contributed by atoms with E-state index >= 15 is 0 Å². The smallest absolute Gasteiger partial charge is 0.157 e. The molecule has 0 fully saturated rings. The van der Waals surface area contributed by atoms with Crippen LogP contribution in [0.25, 0.3) is 0 Å². The monoisotopic (exact) mass is 350 g/mol. The van der Waals surface area contributed by atoms with Gasteiger partial charge in [0.05, 0.1) is 17.6 Å². The van der Waals surface area contributed by atoms with Crippen LogP contribution in [0.5, 0.6) is 0 Å². The van der Waals surface area contributed by atoms with Gasteiger partial charge in [0, 0.05) is 33.2 Å². The number of hydrogen-bond donors (Lipinski definition) is 0. The molecule has 0 aromatic heterocycles. The molecule has 0 spiro atoms. The van der Waals surface area contributed by atoms with Gasteiger partial charge in [0.25, 0.3) is 0 Å². The first kappa shape index (κ1) is 23.3. The van der Waals surface area contributed by atoms with Crippen LogP contribution < -0.4 is 0 Å². The predicted octanol–water partition coefficient (Wildman–Crippen LogP) is 4.68. The van der Waals surface area contributed by atoms with Crippen molar-refractivity contribution in [3.05, 3.63) is 0 Å². The Labute approximate surface area is 145 Å². The van der Waals surface area contributed by atoms with E-state index in [-0.39, 0.29) is 45.6 Å². The Balaban J connectivity index is 0. The summed E-state index contributed by atoms with van der Waals surface area (Å²) in [5.74, 6) is 0. The van der Waals surface area contributed by atoms with Crippen molar-refractivity contribution in [2.75, 3.05) is 0 Å². The summed E-state index contributed by atoms with van der Waals surface area (Å²) in [7, 11) is -0.732. The first-order valence-electron chi connectivity index (χ1n) is 8.03. The SMILES string of the molecule is CCC(OC(C)[Si](CC)CC)OC(C)[Si](CC)CC.[Ti]. The fourth-order valence-corrected chi connectivity index (χ4v) is 6.51. The van der Waals surface area contributed by atoms with Gasteiger partial charge in [-0.15, -0.1) is 0 Å². The van der Waals surface area contributed by atoms with Crippen LogP contribution in [0.15, 0.2) is 0 Å². The maximum absolute atomic E-state index is 6.19. The van der Waals surface area contributed by atoms with E-state index in [1.807, 2.05) is 0 Å². The Hall–Kier alpha value is 1.07. The Bertz CT molecular complexity index is 192. The molecule has 0 N–H and O–H groups in total. The zero-order chi connectivity index (χ0) is 14.8. The summed E-state index contributed by atoms with van der Waals surface area (Å²) in [4.78, 5) is 0. The van der Waals surface area contributed by atoms with Crippen LogP contribution in [0.2, 0.25) is 24.2 Å². The molecule has 0 aliphatic rings. The second kappa shape index (κ2) is 13.7. The minimum Gasteiger partial charge on any atom is -0.353 e. The van der Waals surface area contributed by atoms with Crippen molar-refractivity contribution in [2.24, 2.45) is 0 Å². The second-order valence-corrected chi connectivity index (χ2v) is 12.2. The molecule has 2 atom stereocenters. The van der Waals surface area contributed by atoms with Crippen LogP contribution in [-0.4, -0.2) is 35.3 Å². The Kier molecular flexibility index (Phi) is 16.0. The molecule has 118 valence electrons. The molecule has 0 saturated carbocycles. The molecule has 0 rings (SSSR count). The van der Waals surface area contributed by atoms with Crippen LogP contribution in [0.4, 0.5) is 0 Å². The summed E-state index contributed by atoms with van der Waals surface area (Å²) in [6.07, 6.45) is 0.959. The van der Waals surface area contributed by atoms with Gasteiger partial charge in [0.15, 0.2) is 6.29 Å². The van der Waals surface area contributed by atoms with Crippen molar-refractivity contribution < 1.29 is 31.2 Å². The van der Waals surface area contributed by atoms with Gasteiger partial charge >= 0.3 is 0 Å². The van der Waals surface area contributed by atoms with Crippen LogP contribution in [0.1, 0.15) is 54.9 Å². The topological polar surface area (TPSA) is 18.5 Å². The summed E-state index contributed by atoms with van der Waals surface area (Å²) >= 11 is 0. The third-order valence-electron chi connectivity index (χ3n) is 4.01. The molecule has 0 aliphatic carbocycles. The van der Waals surface area contributed by atoms with Crippen LogP contribution in [0, 0.1) is 0 Å². The van der Waals surface area contributed by atoms with Gasteiger partial charge in [-0.05, 0) is 20.3 Å². The standard InChI is InChI=1S/C15H34O2Si2.Ti/c1-8-15(16-13(6)18(9-2)10-3)17-14(7)19(11-4)12-5;/h13-15H,8-12H2,1-7H3;. The Morgan fingerprint density at radius 1 is 0.700 bits per heavy atom. The van der Waals surface area contributed by atoms with E-state index in [1.54, 1.807) is 0 Å².